The summed E-state index contributed by atoms with van der Waals surface area (Å²) >= 11 is 0. The SMILES string of the molecule is CNCc1c(Oc2cccc(C)c2F)nc2ccccn12. The molecular weight excluding hydrogens is 269 g/mol. The second-order valence-electron chi connectivity index (χ2n) is 4.81. The molecule has 21 heavy (non-hydrogen) atoms. The summed E-state index contributed by atoms with van der Waals surface area (Å²) in [5, 5.41) is 3.08. The molecule has 0 saturated carbocycles. The van der Waals surface area contributed by atoms with Gasteiger partial charge in [-0.1, -0.05) is 18.2 Å². The van der Waals surface area contributed by atoms with Gasteiger partial charge in [0.05, 0.1) is 0 Å². The molecule has 2 heterocycles. The fourth-order valence-corrected chi connectivity index (χ4v) is 2.24. The predicted octanol–water partition coefficient (Wildman–Crippen LogP) is 3.29. The zero-order chi connectivity index (χ0) is 14.8. The Morgan fingerprint density at radius 3 is 2.90 bits per heavy atom. The molecule has 0 atom stereocenters. The van der Waals surface area contributed by atoms with E-state index in [1.807, 2.05) is 35.8 Å². The Morgan fingerprint density at radius 2 is 2.10 bits per heavy atom. The van der Waals surface area contributed by atoms with Crippen LogP contribution in [0.5, 0.6) is 11.6 Å². The van der Waals surface area contributed by atoms with Gasteiger partial charge in [-0.15, -0.1) is 0 Å². The zero-order valence-corrected chi connectivity index (χ0v) is 11.9. The summed E-state index contributed by atoms with van der Waals surface area (Å²) < 4.78 is 21.7. The second-order valence-corrected chi connectivity index (χ2v) is 4.81. The quantitative estimate of drug-likeness (QED) is 0.799. The van der Waals surface area contributed by atoms with Crippen LogP contribution in [0, 0.1) is 12.7 Å². The van der Waals surface area contributed by atoms with E-state index in [1.165, 1.54) is 0 Å². The Morgan fingerprint density at radius 1 is 1.24 bits per heavy atom. The molecule has 1 aromatic carbocycles. The van der Waals surface area contributed by atoms with Gasteiger partial charge >= 0.3 is 0 Å². The van der Waals surface area contributed by atoms with E-state index in [2.05, 4.69) is 10.3 Å². The fraction of sp³-hybridized carbons (Fsp3) is 0.188. The van der Waals surface area contributed by atoms with Crippen molar-refractivity contribution in [3.8, 4) is 11.6 Å². The van der Waals surface area contributed by atoms with Gasteiger partial charge in [-0.25, -0.2) is 4.39 Å². The maximum atomic E-state index is 14.1. The number of fused-ring (bicyclic) bond motifs is 1. The van der Waals surface area contributed by atoms with E-state index in [0.717, 1.165) is 11.3 Å². The predicted molar refractivity (Wildman–Crippen MR) is 79.2 cm³/mol. The molecule has 4 nitrogen and oxygen atoms in total. The van der Waals surface area contributed by atoms with E-state index in [9.17, 15) is 4.39 Å². The van der Waals surface area contributed by atoms with Gasteiger partial charge in [0, 0.05) is 12.7 Å². The van der Waals surface area contributed by atoms with Crippen molar-refractivity contribution in [3.05, 3.63) is 59.7 Å². The number of aryl methyl sites for hydroxylation is 1. The number of nitrogens with zero attached hydrogens (tertiary/aromatic N) is 2. The van der Waals surface area contributed by atoms with E-state index >= 15 is 0 Å². The molecule has 1 N–H and O–H groups in total. The average molecular weight is 285 g/mol. The van der Waals surface area contributed by atoms with E-state index < -0.39 is 0 Å². The molecule has 0 bridgehead atoms. The maximum Gasteiger partial charge on any atom is 0.242 e. The molecule has 108 valence electrons. The first-order valence-electron chi connectivity index (χ1n) is 6.74. The minimum absolute atomic E-state index is 0.191. The molecule has 3 aromatic rings. The second kappa shape index (κ2) is 5.54. The number of pyridine rings is 1. The summed E-state index contributed by atoms with van der Waals surface area (Å²) in [6.45, 7) is 2.29. The number of ether oxygens (including phenoxy) is 1. The first-order chi connectivity index (χ1) is 10.2. The van der Waals surface area contributed by atoms with Crippen LogP contribution >= 0.6 is 0 Å². The number of hydrogen-bond acceptors (Lipinski definition) is 3. The Hall–Kier alpha value is -2.40. The van der Waals surface area contributed by atoms with Crippen LogP contribution in [-0.2, 0) is 6.54 Å². The number of hydrogen-bond donors (Lipinski definition) is 1. The summed E-state index contributed by atoms with van der Waals surface area (Å²) in [5.74, 6) is 0.251. The lowest BCUT2D eigenvalue weighted by Gasteiger charge is -2.08. The van der Waals surface area contributed by atoms with Crippen molar-refractivity contribution in [2.45, 2.75) is 13.5 Å². The Kier molecular flexibility index (Phi) is 3.58. The topological polar surface area (TPSA) is 38.6 Å². The molecule has 0 radical (unpaired) electrons. The highest BCUT2D eigenvalue weighted by atomic mass is 19.1. The number of rotatable bonds is 4. The largest absolute Gasteiger partial charge is 0.434 e. The summed E-state index contributed by atoms with van der Waals surface area (Å²) in [6, 6.07) is 10.8. The molecule has 0 saturated heterocycles. The molecule has 0 fully saturated rings. The first-order valence-corrected chi connectivity index (χ1v) is 6.74. The van der Waals surface area contributed by atoms with Crippen LogP contribution in [0.2, 0.25) is 0 Å². The monoisotopic (exact) mass is 285 g/mol. The Balaban J connectivity index is 2.07. The number of aromatic nitrogens is 2. The van der Waals surface area contributed by atoms with Gasteiger partial charge in [-0.3, -0.25) is 4.40 Å². The van der Waals surface area contributed by atoms with Crippen LogP contribution in [0.25, 0.3) is 5.65 Å². The van der Waals surface area contributed by atoms with Crippen molar-refractivity contribution < 1.29 is 9.13 Å². The van der Waals surface area contributed by atoms with Gasteiger partial charge < -0.3 is 10.1 Å². The van der Waals surface area contributed by atoms with Gasteiger partial charge in [0.25, 0.3) is 0 Å². The van der Waals surface area contributed by atoms with Crippen molar-refractivity contribution in [1.29, 1.82) is 0 Å². The molecule has 3 rings (SSSR count). The zero-order valence-electron chi connectivity index (χ0n) is 11.9. The van der Waals surface area contributed by atoms with Gasteiger partial charge in [-0.05, 0) is 37.7 Å². The van der Waals surface area contributed by atoms with Crippen LogP contribution in [0.4, 0.5) is 4.39 Å². The summed E-state index contributed by atoms with van der Waals surface area (Å²) in [6.07, 6.45) is 1.91. The first kappa shape index (κ1) is 13.6. The Bertz CT molecular complexity index is 782. The van der Waals surface area contributed by atoms with Crippen LogP contribution in [0.3, 0.4) is 0 Å². The molecule has 0 spiro atoms. The lowest BCUT2D eigenvalue weighted by Crippen LogP contribution is -2.08. The average Bonchev–Trinajstić information content (AvgIpc) is 2.82. The highest BCUT2D eigenvalue weighted by Crippen LogP contribution is 2.28. The third-order valence-corrected chi connectivity index (χ3v) is 3.30. The highest BCUT2D eigenvalue weighted by molar-refractivity contribution is 5.47. The van der Waals surface area contributed by atoms with Crippen molar-refractivity contribution in [2.24, 2.45) is 0 Å². The molecule has 0 aliphatic carbocycles. The van der Waals surface area contributed by atoms with Gasteiger partial charge in [-0.2, -0.15) is 4.98 Å². The number of halogens is 1. The van der Waals surface area contributed by atoms with Crippen LogP contribution < -0.4 is 10.1 Å². The summed E-state index contributed by atoms with van der Waals surface area (Å²) in [4.78, 5) is 4.43. The van der Waals surface area contributed by atoms with E-state index in [4.69, 9.17) is 4.74 Å². The number of imidazole rings is 1. The normalized spacial score (nSPS) is 11.0. The van der Waals surface area contributed by atoms with Crippen LogP contribution in [0.1, 0.15) is 11.3 Å². The van der Waals surface area contributed by atoms with E-state index in [-0.39, 0.29) is 11.6 Å². The summed E-state index contributed by atoms with van der Waals surface area (Å²) in [5.41, 5.74) is 2.17. The molecule has 5 heteroatoms. The third kappa shape index (κ3) is 2.48. The highest BCUT2D eigenvalue weighted by Gasteiger charge is 2.15. The van der Waals surface area contributed by atoms with Crippen LogP contribution in [-0.4, -0.2) is 16.4 Å². The smallest absolute Gasteiger partial charge is 0.242 e. The van der Waals surface area contributed by atoms with Gasteiger partial charge in [0.1, 0.15) is 11.3 Å². The fourth-order valence-electron chi connectivity index (χ4n) is 2.24. The number of nitrogens with one attached hydrogen (secondary N) is 1. The van der Waals surface area contributed by atoms with Crippen molar-refractivity contribution >= 4 is 5.65 Å². The van der Waals surface area contributed by atoms with Crippen LogP contribution in [0.15, 0.2) is 42.6 Å². The minimum Gasteiger partial charge on any atom is -0.434 e. The minimum atomic E-state index is -0.357. The van der Waals surface area contributed by atoms with Gasteiger partial charge in [0.2, 0.25) is 5.88 Å². The van der Waals surface area contributed by atoms with E-state index in [0.29, 0.717) is 18.0 Å². The van der Waals surface area contributed by atoms with Crippen molar-refractivity contribution in [1.82, 2.24) is 14.7 Å². The third-order valence-electron chi connectivity index (χ3n) is 3.30. The molecule has 0 amide bonds. The van der Waals surface area contributed by atoms with Crippen molar-refractivity contribution in [2.75, 3.05) is 7.05 Å². The standard InChI is InChI=1S/C16H16FN3O/c1-11-6-5-7-13(15(11)17)21-16-12(10-18-2)20-9-4-3-8-14(20)19-16/h3-9,18H,10H2,1-2H3. The molecule has 0 unspecified atom stereocenters. The van der Waals surface area contributed by atoms with Gasteiger partial charge in [0.15, 0.2) is 11.6 Å². The lowest BCUT2D eigenvalue weighted by atomic mass is 10.2. The molecular formula is C16H16FN3O. The molecule has 0 aliphatic heterocycles. The molecule has 0 aliphatic rings. The number of benzene rings is 1. The molecule has 2 aromatic heterocycles. The van der Waals surface area contributed by atoms with E-state index in [1.54, 1.807) is 25.1 Å². The summed E-state index contributed by atoms with van der Waals surface area (Å²) in [7, 11) is 1.85. The van der Waals surface area contributed by atoms with Crippen molar-refractivity contribution in [3.63, 3.8) is 0 Å². The Labute approximate surface area is 122 Å². The lowest BCUT2D eigenvalue weighted by molar-refractivity contribution is 0.421. The maximum absolute atomic E-state index is 14.1.